The maximum Gasteiger partial charge on any atom is 0.262 e. The number of pyridine rings is 1. The van der Waals surface area contributed by atoms with E-state index in [2.05, 4.69) is 9.98 Å². The average Bonchev–Trinajstić information content (AvgIpc) is 2.38. The number of aromatic nitrogens is 1. The normalized spacial score (nSPS) is 12.2. The fourth-order valence-electron chi connectivity index (χ4n) is 1.28. The number of nitrogens with one attached hydrogen (secondary N) is 1. The van der Waals surface area contributed by atoms with E-state index in [0.29, 0.717) is 5.82 Å². The zero-order valence-corrected chi connectivity index (χ0v) is 11.3. The summed E-state index contributed by atoms with van der Waals surface area (Å²) in [4.78, 5) is 30.7. The molecule has 0 saturated heterocycles. The fourth-order valence-corrected chi connectivity index (χ4v) is 1.28. The highest BCUT2D eigenvalue weighted by molar-refractivity contribution is 6.17. The van der Waals surface area contributed by atoms with Gasteiger partial charge in [0.05, 0.1) is 12.1 Å². The van der Waals surface area contributed by atoms with Gasteiger partial charge >= 0.3 is 0 Å². The van der Waals surface area contributed by atoms with Crippen molar-refractivity contribution in [2.75, 3.05) is 6.54 Å². The summed E-state index contributed by atoms with van der Waals surface area (Å²) in [5.74, 6) is -1.28. The van der Waals surface area contributed by atoms with Gasteiger partial charge in [0.2, 0.25) is 5.91 Å². The fraction of sp³-hybridized carbons (Fsp3) is 0.231. The third-order valence-electron chi connectivity index (χ3n) is 2.30. The Labute approximate surface area is 116 Å². The molecule has 4 N–H and O–H groups in total. The first-order valence-electron chi connectivity index (χ1n) is 5.85. The van der Waals surface area contributed by atoms with E-state index in [4.69, 9.17) is 5.73 Å². The molecule has 0 fully saturated rings. The molecule has 1 heterocycles. The number of hydrogen-bond donors (Lipinski definition) is 3. The number of imide groups is 1. The summed E-state index contributed by atoms with van der Waals surface area (Å²) in [5, 5.41) is 11.5. The third kappa shape index (κ3) is 4.62. The van der Waals surface area contributed by atoms with Gasteiger partial charge in [-0.2, -0.15) is 0 Å². The number of allylic oxidation sites excluding steroid dienone is 1. The number of aliphatic hydroxyl groups excluding tert-OH is 1. The van der Waals surface area contributed by atoms with Crippen molar-refractivity contribution in [2.45, 2.75) is 13.8 Å². The lowest BCUT2D eigenvalue weighted by Gasteiger charge is -2.04. The van der Waals surface area contributed by atoms with Crippen molar-refractivity contribution in [3.05, 3.63) is 35.2 Å². The number of carbonyl (C=O) groups is 2. The van der Waals surface area contributed by atoms with Gasteiger partial charge in [0.1, 0.15) is 5.76 Å². The van der Waals surface area contributed by atoms with Crippen molar-refractivity contribution >= 4 is 23.8 Å². The van der Waals surface area contributed by atoms with Crippen molar-refractivity contribution in [2.24, 2.45) is 10.7 Å². The van der Waals surface area contributed by atoms with Gasteiger partial charge in [0.15, 0.2) is 5.82 Å². The maximum absolute atomic E-state index is 11.7. The second-order valence-corrected chi connectivity index (χ2v) is 4.03. The molecule has 0 spiro atoms. The van der Waals surface area contributed by atoms with Crippen molar-refractivity contribution in [1.29, 1.82) is 0 Å². The van der Waals surface area contributed by atoms with E-state index in [-0.39, 0.29) is 17.9 Å². The van der Waals surface area contributed by atoms with Gasteiger partial charge < -0.3 is 10.8 Å². The van der Waals surface area contributed by atoms with Crippen LogP contribution in [-0.2, 0) is 9.59 Å². The number of aliphatic hydroxyl groups is 1. The number of nitrogens with two attached hydrogens (primary N) is 1. The number of hydrogen-bond acceptors (Lipinski definition) is 6. The topological polar surface area (TPSA) is 118 Å². The molecule has 7 heteroatoms. The Kier molecular flexibility index (Phi) is 5.55. The maximum atomic E-state index is 11.7. The van der Waals surface area contributed by atoms with Crippen LogP contribution in [0.2, 0.25) is 0 Å². The van der Waals surface area contributed by atoms with Crippen LogP contribution in [0.25, 0.3) is 0 Å². The summed E-state index contributed by atoms with van der Waals surface area (Å²) in [5.41, 5.74) is 5.92. The van der Waals surface area contributed by atoms with Gasteiger partial charge in [-0.3, -0.25) is 14.9 Å². The van der Waals surface area contributed by atoms with Crippen LogP contribution in [0.15, 0.2) is 34.7 Å². The van der Waals surface area contributed by atoms with E-state index in [9.17, 15) is 14.7 Å². The molecular weight excluding hydrogens is 260 g/mol. The molecule has 0 bridgehead atoms. The summed E-state index contributed by atoms with van der Waals surface area (Å²) in [6.07, 6.45) is 2.73. The highest BCUT2D eigenvalue weighted by Gasteiger charge is 2.13. The van der Waals surface area contributed by atoms with Crippen LogP contribution < -0.4 is 11.1 Å². The first kappa shape index (κ1) is 15.5. The summed E-state index contributed by atoms with van der Waals surface area (Å²) >= 11 is 0. The van der Waals surface area contributed by atoms with Crippen molar-refractivity contribution < 1.29 is 14.7 Å². The molecular formula is C13H16N4O3. The van der Waals surface area contributed by atoms with Gasteiger partial charge in [0, 0.05) is 12.4 Å². The summed E-state index contributed by atoms with van der Waals surface area (Å²) in [6, 6.07) is 3.52. The molecule has 0 aliphatic rings. The minimum Gasteiger partial charge on any atom is -0.512 e. The Morgan fingerprint density at radius 3 is 2.80 bits per heavy atom. The lowest BCUT2D eigenvalue weighted by Crippen LogP contribution is -2.36. The summed E-state index contributed by atoms with van der Waals surface area (Å²) < 4.78 is 0. The Hall–Kier alpha value is -2.54. The molecule has 7 nitrogen and oxygen atoms in total. The summed E-state index contributed by atoms with van der Waals surface area (Å²) in [7, 11) is 0. The largest absolute Gasteiger partial charge is 0.512 e. The van der Waals surface area contributed by atoms with Gasteiger partial charge in [-0.25, -0.2) is 9.98 Å². The van der Waals surface area contributed by atoms with Gasteiger partial charge in [-0.1, -0.05) is 0 Å². The standard InChI is InChI=1S/C13H16N4O3/c1-8-3-4-15-11(5-8)16-7-10(9(2)18)13(20)17-12(19)6-14/h3-5,7,18H,6,14H2,1-2H3,(H,17,19,20)/b10-9-,16-7?. The zero-order chi connectivity index (χ0) is 15.1. The smallest absolute Gasteiger partial charge is 0.262 e. The summed E-state index contributed by atoms with van der Waals surface area (Å²) in [6.45, 7) is 2.87. The second kappa shape index (κ2) is 7.15. The third-order valence-corrected chi connectivity index (χ3v) is 2.30. The van der Waals surface area contributed by atoms with Crippen molar-refractivity contribution in [3.63, 3.8) is 0 Å². The Morgan fingerprint density at radius 2 is 2.25 bits per heavy atom. The highest BCUT2D eigenvalue weighted by atomic mass is 16.3. The quantitative estimate of drug-likeness (QED) is 0.421. The molecule has 0 aliphatic carbocycles. The number of aryl methyl sites for hydroxylation is 1. The number of rotatable bonds is 4. The molecule has 0 unspecified atom stereocenters. The van der Waals surface area contributed by atoms with E-state index in [1.54, 1.807) is 18.3 Å². The number of nitrogens with zero attached hydrogens (tertiary/aromatic N) is 2. The van der Waals surface area contributed by atoms with Crippen LogP contribution in [0.4, 0.5) is 5.82 Å². The SMILES string of the molecule is C/C(O)=C(\C=Nc1cc(C)ccn1)C(=O)NC(=O)CN. The lowest BCUT2D eigenvalue weighted by molar-refractivity contribution is -0.127. The van der Waals surface area contributed by atoms with Crippen LogP contribution in [0, 0.1) is 6.92 Å². The predicted molar refractivity (Wildman–Crippen MR) is 74.7 cm³/mol. The number of aliphatic imine (C=N–C) groups is 1. The Morgan fingerprint density at radius 1 is 1.55 bits per heavy atom. The molecule has 0 aromatic carbocycles. The molecule has 1 aromatic heterocycles. The Balaban J connectivity index is 2.92. The van der Waals surface area contributed by atoms with E-state index >= 15 is 0 Å². The molecule has 1 aromatic rings. The Bertz CT molecular complexity index is 575. The molecule has 20 heavy (non-hydrogen) atoms. The first-order valence-corrected chi connectivity index (χ1v) is 5.85. The van der Waals surface area contributed by atoms with Gasteiger partial charge in [-0.05, 0) is 31.5 Å². The minimum atomic E-state index is -0.767. The van der Waals surface area contributed by atoms with E-state index in [0.717, 1.165) is 11.8 Å². The van der Waals surface area contributed by atoms with Crippen LogP contribution in [0.3, 0.4) is 0 Å². The molecule has 0 saturated carbocycles. The van der Waals surface area contributed by atoms with Crippen molar-refractivity contribution in [1.82, 2.24) is 10.3 Å². The zero-order valence-electron chi connectivity index (χ0n) is 11.3. The molecule has 1 rings (SSSR count). The van der Waals surface area contributed by atoms with Gasteiger partial charge in [0.25, 0.3) is 5.91 Å². The van der Waals surface area contributed by atoms with Crippen LogP contribution in [-0.4, -0.2) is 34.7 Å². The monoisotopic (exact) mass is 276 g/mol. The van der Waals surface area contributed by atoms with Crippen LogP contribution in [0.1, 0.15) is 12.5 Å². The van der Waals surface area contributed by atoms with Crippen molar-refractivity contribution in [3.8, 4) is 0 Å². The van der Waals surface area contributed by atoms with E-state index < -0.39 is 11.8 Å². The molecule has 106 valence electrons. The lowest BCUT2D eigenvalue weighted by atomic mass is 10.2. The molecule has 0 radical (unpaired) electrons. The average molecular weight is 276 g/mol. The number of amides is 2. The van der Waals surface area contributed by atoms with Gasteiger partial charge in [-0.15, -0.1) is 0 Å². The van der Waals surface area contributed by atoms with E-state index in [1.165, 1.54) is 6.92 Å². The first-order chi connectivity index (χ1) is 9.43. The van der Waals surface area contributed by atoms with Crippen LogP contribution >= 0.6 is 0 Å². The molecule has 2 amide bonds. The minimum absolute atomic E-state index is 0.130. The molecule has 0 atom stereocenters. The highest BCUT2D eigenvalue weighted by Crippen LogP contribution is 2.10. The van der Waals surface area contributed by atoms with E-state index in [1.807, 2.05) is 12.2 Å². The molecule has 0 aliphatic heterocycles. The van der Waals surface area contributed by atoms with Crippen LogP contribution in [0.5, 0.6) is 0 Å². The predicted octanol–water partition coefficient (Wildman–Crippen LogP) is 0.526. The number of carbonyl (C=O) groups excluding carboxylic acids is 2. The second-order valence-electron chi connectivity index (χ2n) is 4.03.